The number of rotatable bonds is 5. The number of amides is 1. The molecule has 138 valence electrons. The number of carbonyl (C=O) groups is 1. The number of anilines is 1. The Labute approximate surface area is 157 Å². The molecule has 1 saturated carbocycles. The fraction of sp³-hybridized carbons (Fsp3) is 0.300. The zero-order chi connectivity index (χ0) is 18.6. The fourth-order valence-electron chi connectivity index (χ4n) is 3.19. The van der Waals surface area contributed by atoms with Crippen LogP contribution < -0.4 is 10.1 Å². The third-order valence-corrected chi connectivity index (χ3v) is 4.65. The summed E-state index contributed by atoms with van der Waals surface area (Å²) in [5.74, 6) is 1.90. The van der Waals surface area contributed by atoms with Crippen molar-refractivity contribution < 1.29 is 9.53 Å². The summed E-state index contributed by atoms with van der Waals surface area (Å²) in [5.41, 5.74) is 1.69. The Balaban J connectivity index is 1.37. The second kappa shape index (κ2) is 7.57. The molecule has 0 bridgehead atoms. The van der Waals surface area contributed by atoms with Gasteiger partial charge in [-0.15, -0.1) is 10.2 Å². The molecular formula is C20H21N5O2. The lowest BCUT2D eigenvalue weighted by molar-refractivity contribution is -0.119. The van der Waals surface area contributed by atoms with Crippen molar-refractivity contribution >= 4 is 11.6 Å². The number of hydrogen-bond donors (Lipinski definition) is 1. The van der Waals surface area contributed by atoms with Crippen LogP contribution in [0.3, 0.4) is 0 Å². The summed E-state index contributed by atoms with van der Waals surface area (Å²) in [6.45, 7) is 1.92. The second-order valence-electron chi connectivity index (χ2n) is 6.73. The van der Waals surface area contributed by atoms with Crippen LogP contribution in [0.4, 0.5) is 5.69 Å². The van der Waals surface area contributed by atoms with Crippen LogP contribution in [0.25, 0.3) is 5.82 Å². The van der Waals surface area contributed by atoms with Crippen LogP contribution in [0.5, 0.6) is 11.6 Å². The first-order valence-electron chi connectivity index (χ1n) is 9.12. The van der Waals surface area contributed by atoms with Crippen molar-refractivity contribution in [3.8, 4) is 17.4 Å². The van der Waals surface area contributed by atoms with E-state index in [-0.39, 0.29) is 11.8 Å². The maximum absolute atomic E-state index is 12.2. The van der Waals surface area contributed by atoms with Crippen LogP contribution in [0.2, 0.25) is 0 Å². The molecule has 0 aliphatic heterocycles. The van der Waals surface area contributed by atoms with E-state index in [2.05, 4.69) is 20.6 Å². The molecule has 2 aromatic heterocycles. The van der Waals surface area contributed by atoms with Gasteiger partial charge < -0.3 is 10.1 Å². The van der Waals surface area contributed by atoms with Crippen molar-refractivity contribution in [2.24, 2.45) is 5.92 Å². The number of hydrogen-bond acceptors (Lipinski definition) is 5. The molecule has 0 radical (unpaired) electrons. The first-order chi connectivity index (χ1) is 13.2. The molecule has 7 heteroatoms. The highest BCUT2D eigenvalue weighted by Gasteiger charge is 2.22. The van der Waals surface area contributed by atoms with Gasteiger partial charge in [0.2, 0.25) is 11.8 Å². The Morgan fingerprint density at radius 1 is 1.07 bits per heavy atom. The molecule has 0 spiro atoms. The van der Waals surface area contributed by atoms with Crippen molar-refractivity contribution in [1.29, 1.82) is 0 Å². The predicted octanol–water partition coefficient (Wildman–Crippen LogP) is 3.89. The van der Waals surface area contributed by atoms with Crippen molar-refractivity contribution in [3.05, 3.63) is 54.4 Å². The van der Waals surface area contributed by atoms with Gasteiger partial charge in [0.05, 0.1) is 5.69 Å². The predicted molar refractivity (Wildman–Crippen MR) is 101 cm³/mol. The Bertz CT molecular complexity index is 912. The average molecular weight is 363 g/mol. The van der Waals surface area contributed by atoms with E-state index in [1.165, 1.54) is 0 Å². The van der Waals surface area contributed by atoms with E-state index < -0.39 is 0 Å². The fourth-order valence-corrected chi connectivity index (χ4v) is 3.19. The van der Waals surface area contributed by atoms with Crippen LogP contribution in [0.15, 0.2) is 48.7 Å². The van der Waals surface area contributed by atoms with Gasteiger partial charge in [0.1, 0.15) is 5.75 Å². The number of nitrogens with one attached hydrogen (secondary N) is 1. The maximum Gasteiger partial charge on any atom is 0.238 e. The summed E-state index contributed by atoms with van der Waals surface area (Å²) >= 11 is 0. The third-order valence-electron chi connectivity index (χ3n) is 4.65. The molecule has 0 atom stereocenters. The number of ether oxygens (including phenoxy) is 1. The molecule has 27 heavy (non-hydrogen) atoms. The van der Waals surface area contributed by atoms with Gasteiger partial charge >= 0.3 is 0 Å². The third kappa shape index (κ3) is 4.13. The minimum absolute atomic E-state index is 0.108. The zero-order valence-electron chi connectivity index (χ0n) is 15.1. The second-order valence-corrected chi connectivity index (χ2v) is 6.73. The van der Waals surface area contributed by atoms with Crippen molar-refractivity contribution in [3.63, 3.8) is 0 Å². The molecular weight excluding hydrogens is 342 g/mol. The van der Waals surface area contributed by atoms with Gasteiger partial charge in [0, 0.05) is 23.9 Å². The average Bonchev–Trinajstić information content (AvgIpc) is 3.36. The van der Waals surface area contributed by atoms with E-state index in [4.69, 9.17) is 4.74 Å². The minimum Gasteiger partial charge on any atom is -0.438 e. The Morgan fingerprint density at radius 3 is 2.48 bits per heavy atom. The topological polar surface area (TPSA) is 81.9 Å². The van der Waals surface area contributed by atoms with E-state index in [0.29, 0.717) is 17.4 Å². The molecule has 3 aromatic rings. The van der Waals surface area contributed by atoms with E-state index in [1.54, 1.807) is 28.9 Å². The summed E-state index contributed by atoms with van der Waals surface area (Å²) in [5, 5.41) is 15.5. The number of aromatic nitrogens is 4. The molecule has 4 rings (SSSR count). The van der Waals surface area contributed by atoms with Crippen molar-refractivity contribution in [1.82, 2.24) is 20.0 Å². The quantitative estimate of drug-likeness (QED) is 0.744. The largest absolute Gasteiger partial charge is 0.438 e. The highest BCUT2D eigenvalue weighted by atomic mass is 16.5. The van der Waals surface area contributed by atoms with Gasteiger partial charge in [-0.2, -0.15) is 5.10 Å². The lowest BCUT2D eigenvalue weighted by Gasteiger charge is -2.11. The van der Waals surface area contributed by atoms with Crippen molar-refractivity contribution in [2.75, 3.05) is 5.32 Å². The van der Waals surface area contributed by atoms with Gasteiger partial charge in [0.25, 0.3) is 0 Å². The molecule has 1 fully saturated rings. The van der Waals surface area contributed by atoms with Gasteiger partial charge in [-0.3, -0.25) is 4.79 Å². The number of aryl methyl sites for hydroxylation is 1. The number of benzene rings is 1. The van der Waals surface area contributed by atoms with Crippen LogP contribution in [-0.4, -0.2) is 25.9 Å². The van der Waals surface area contributed by atoms with Crippen LogP contribution >= 0.6 is 0 Å². The highest BCUT2D eigenvalue weighted by molar-refractivity contribution is 5.92. The van der Waals surface area contributed by atoms with Crippen LogP contribution in [0, 0.1) is 12.8 Å². The summed E-state index contributed by atoms with van der Waals surface area (Å²) in [6.07, 6.45) is 6.09. The molecule has 0 saturated heterocycles. The van der Waals surface area contributed by atoms with E-state index in [1.807, 2.05) is 31.3 Å². The molecule has 1 amide bonds. The molecule has 7 nitrogen and oxygen atoms in total. The minimum atomic E-state index is 0.108. The van der Waals surface area contributed by atoms with Gasteiger partial charge in [-0.05, 0) is 56.2 Å². The SMILES string of the molecule is Cc1ccn(-c2ccc(Oc3ccc(NC(=O)C4CCCC4)cc3)nn2)n1. The highest BCUT2D eigenvalue weighted by Crippen LogP contribution is 2.27. The monoisotopic (exact) mass is 363 g/mol. The number of carbonyl (C=O) groups excluding carboxylic acids is 1. The molecule has 1 N–H and O–H groups in total. The smallest absolute Gasteiger partial charge is 0.238 e. The Morgan fingerprint density at radius 2 is 1.85 bits per heavy atom. The summed E-state index contributed by atoms with van der Waals surface area (Å²) in [6, 6.07) is 12.7. The molecule has 2 heterocycles. The normalized spacial score (nSPS) is 14.3. The van der Waals surface area contributed by atoms with E-state index in [9.17, 15) is 4.79 Å². The van der Waals surface area contributed by atoms with Crippen LogP contribution in [-0.2, 0) is 4.79 Å². The Hall–Kier alpha value is -3.22. The molecule has 1 aromatic carbocycles. The van der Waals surface area contributed by atoms with Gasteiger partial charge in [0.15, 0.2) is 5.82 Å². The molecule has 1 aliphatic carbocycles. The number of nitrogens with zero attached hydrogens (tertiary/aromatic N) is 4. The zero-order valence-corrected chi connectivity index (χ0v) is 15.1. The lowest BCUT2D eigenvalue weighted by Crippen LogP contribution is -2.20. The first-order valence-corrected chi connectivity index (χ1v) is 9.12. The summed E-state index contributed by atoms with van der Waals surface area (Å²) in [4.78, 5) is 12.2. The summed E-state index contributed by atoms with van der Waals surface area (Å²) in [7, 11) is 0. The first kappa shape index (κ1) is 17.2. The molecule has 0 unspecified atom stereocenters. The van der Waals surface area contributed by atoms with Gasteiger partial charge in [-0.25, -0.2) is 4.68 Å². The van der Waals surface area contributed by atoms with E-state index in [0.717, 1.165) is 37.1 Å². The maximum atomic E-state index is 12.2. The van der Waals surface area contributed by atoms with Crippen LogP contribution in [0.1, 0.15) is 31.4 Å². The molecule has 1 aliphatic rings. The Kier molecular flexibility index (Phi) is 4.82. The van der Waals surface area contributed by atoms with Crippen molar-refractivity contribution in [2.45, 2.75) is 32.6 Å². The standard InChI is InChI=1S/C20H21N5O2/c1-14-12-13-25(24-14)18-10-11-19(23-22-18)27-17-8-6-16(7-9-17)21-20(26)15-4-2-3-5-15/h6-13,15H,2-5H2,1H3,(H,21,26). The lowest BCUT2D eigenvalue weighted by atomic mass is 10.1. The van der Waals surface area contributed by atoms with Gasteiger partial charge in [-0.1, -0.05) is 12.8 Å². The van der Waals surface area contributed by atoms with E-state index >= 15 is 0 Å². The summed E-state index contributed by atoms with van der Waals surface area (Å²) < 4.78 is 7.38.